The Morgan fingerprint density at radius 2 is 1.86 bits per heavy atom. The molecule has 0 spiro atoms. The Morgan fingerprint density at radius 3 is 2.55 bits per heavy atom. The molecule has 0 bridgehead atoms. The molecule has 0 atom stereocenters. The predicted octanol–water partition coefficient (Wildman–Crippen LogP) is 4.32. The molecule has 6 heteroatoms. The van der Waals surface area contributed by atoms with Crippen LogP contribution in [0.1, 0.15) is 41.3 Å². The molecule has 1 heterocycles. The number of nitrogens with one attached hydrogen (secondary N) is 1. The van der Waals surface area contributed by atoms with Crippen LogP contribution >= 0.6 is 0 Å². The monoisotopic (exact) mass is 385 g/mol. The summed E-state index contributed by atoms with van der Waals surface area (Å²) in [4.78, 5) is 23.8. The summed E-state index contributed by atoms with van der Waals surface area (Å²) in [5.74, 6) is 0.889. The molecular weight excluding hydrogens is 362 g/mol. The minimum absolute atomic E-state index is 0.188. The summed E-state index contributed by atoms with van der Waals surface area (Å²) in [6.07, 6.45) is 0. The van der Waals surface area contributed by atoms with E-state index < -0.39 is 0 Å². The van der Waals surface area contributed by atoms with Crippen LogP contribution in [0.2, 0.25) is 0 Å². The third kappa shape index (κ3) is 5.17. The van der Waals surface area contributed by atoms with E-state index in [2.05, 4.69) is 52.2 Å². The lowest BCUT2D eigenvalue weighted by atomic mass is 10.2. The number of nitrogens with zero attached hydrogens (tertiary/aromatic N) is 4. The van der Waals surface area contributed by atoms with E-state index in [0.29, 0.717) is 29.4 Å². The number of aryl methyl sites for hydroxylation is 1. The Kier molecular flexibility index (Phi) is 6.20. The molecule has 1 N–H and O–H groups in total. The normalized spacial score (nSPS) is 10.4. The highest BCUT2D eigenvalue weighted by Gasteiger charge is 2.17. The van der Waals surface area contributed by atoms with Gasteiger partial charge >= 0.3 is 0 Å². The van der Waals surface area contributed by atoms with Gasteiger partial charge in [0.15, 0.2) is 0 Å². The molecule has 0 aliphatic heterocycles. The summed E-state index contributed by atoms with van der Waals surface area (Å²) >= 11 is 0. The Hall–Kier alpha value is -3.72. The average Bonchev–Trinajstić information content (AvgIpc) is 2.72. The maximum absolute atomic E-state index is 12.8. The number of hydrogen-bond donors (Lipinski definition) is 1. The number of anilines is 2. The van der Waals surface area contributed by atoms with Crippen molar-refractivity contribution in [2.45, 2.75) is 33.4 Å². The summed E-state index contributed by atoms with van der Waals surface area (Å²) in [7, 11) is 0. The summed E-state index contributed by atoms with van der Waals surface area (Å²) < 4.78 is 0. The third-order valence-electron chi connectivity index (χ3n) is 4.42. The molecule has 0 unspecified atom stereocenters. The fraction of sp³-hybridized carbons (Fsp3) is 0.217. The van der Waals surface area contributed by atoms with Gasteiger partial charge in [0.2, 0.25) is 0 Å². The van der Waals surface area contributed by atoms with E-state index in [1.54, 1.807) is 37.3 Å². The van der Waals surface area contributed by atoms with Crippen molar-refractivity contribution in [2.24, 2.45) is 0 Å². The van der Waals surface area contributed by atoms with Crippen molar-refractivity contribution in [3.05, 3.63) is 83.3 Å². The standard InChI is InChI=1S/C23H23N5O/c1-16(2)28(15-18-8-5-4-6-9-18)22-13-21(25-17(3)26-22)23(29)27-20-11-7-10-19(12-20)14-24/h4-13,16H,15H2,1-3H3,(H,27,29). The minimum Gasteiger partial charge on any atom is -0.350 e. The SMILES string of the molecule is Cc1nc(C(=O)Nc2cccc(C#N)c2)cc(N(Cc2ccccc2)C(C)C)n1. The highest BCUT2D eigenvalue weighted by atomic mass is 16.1. The number of nitriles is 1. The van der Waals surface area contributed by atoms with E-state index in [-0.39, 0.29) is 17.6 Å². The molecule has 0 saturated heterocycles. The molecule has 29 heavy (non-hydrogen) atoms. The lowest BCUT2D eigenvalue weighted by molar-refractivity contribution is 0.102. The van der Waals surface area contributed by atoms with Crippen LogP contribution in [0.15, 0.2) is 60.7 Å². The molecule has 2 aromatic carbocycles. The topological polar surface area (TPSA) is 81.9 Å². The maximum Gasteiger partial charge on any atom is 0.274 e. The second kappa shape index (κ2) is 8.98. The van der Waals surface area contributed by atoms with Gasteiger partial charge in [-0.25, -0.2) is 9.97 Å². The van der Waals surface area contributed by atoms with Crippen molar-refractivity contribution < 1.29 is 4.79 Å². The number of hydrogen-bond acceptors (Lipinski definition) is 5. The van der Waals surface area contributed by atoms with Crippen LogP contribution in [0.5, 0.6) is 0 Å². The van der Waals surface area contributed by atoms with Gasteiger partial charge in [0, 0.05) is 24.3 Å². The summed E-state index contributed by atoms with van der Waals surface area (Å²) in [5, 5.41) is 11.8. The summed E-state index contributed by atoms with van der Waals surface area (Å²) in [6, 6.07) is 20.9. The number of benzene rings is 2. The van der Waals surface area contributed by atoms with E-state index >= 15 is 0 Å². The van der Waals surface area contributed by atoms with Gasteiger partial charge in [-0.2, -0.15) is 5.26 Å². The van der Waals surface area contributed by atoms with E-state index in [1.165, 1.54) is 0 Å². The first kappa shape index (κ1) is 20.0. The zero-order valence-corrected chi connectivity index (χ0v) is 16.8. The first-order valence-electron chi connectivity index (χ1n) is 9.44. The van der Waals surface area contributed by atoms with Gasteiger partial charge < -0.3 is 10.2 Å². The molecular formula is C23H23N5O. The van der Waals surface area contributed by atoms with Crippen molar-refractivity contribution in [1.29, 1.82) is 5.26 Å². The van der Waals surface area contributed by atoms with Crippen LogP contribution in [0.4, 0.5) is 11.5 Å². The fourth-order valence-electron chi connectivity index (χ4n) is 2.99. The van der Waals surface area contributed by atoms with Gasteiger partial charge in [-0.05, 0) is 44.5 Å². The van der Waals surface area contributed by atoms with Crippen molar-refractivity contribution in [3.8, 4) is 6.07 Å². The van der Waals surface area contributed by atoms with Crippen LogP contribution < -0.4 is 10.2 Å². The molecule has 0 aliphatic rings. The molecule has 1 aromatic heterocycles. The molecule has 1 amide bonds. The van der Waals surface area contributed by atoms with Crippen LogP contribution in [-0.4, -0.2) is 21.9 Å². The third-order valence-corrected chi connectivity index (χ3v) is 4.42. The van der Waals surface area contributed by atoms with Crippen LogP contribution in [0.25, 0.3) is 0 Å². The molecule has 6 nitrogen and oxygen atoms in total. The van der Waals surface area contributed by atoms with Gasteiger partial charge in [-0.15, -0.1) is 0 Å². The molecule has 0 saturated carbocycles. The molecule has 146 valence electrons. The highest BCUT2D eigenvalue weighted by Crippen LogP contribution is 2.20. The van der Waals surface area contributed by atoms with Crippen LogP contribution in [0, 0.1) is 18.3 Å². The lowest BCUT2D eigenvalue weighted by Crippen LogP contribution is -2.31. The first-order valence-corrected chi connectivity index (χ1v) is 9.44. The maximum atomic E-state index is 12.8. The van der Waals surface area contributed by atoms with Gasteiger partial charge in [0.1, 0.15) is 17.3 Å². The smallest absolute Gasteiger partial charge is 0.274 e. The Bertz CT molecular complexity index is 1040. The fourth-order valence-corrected chi connectivity index (χ4v) is 2.99. The summed E-state index contributed by atoms with van der Waals surface area (Å²) in [5.41, 5.74) is 2.48. The highest BCUT2D eigenvalue weighted by molar-refractivity contribution is 6.03. The number of carbonyl (C=O) groups excluding carboxylic acids is 1. The van der Waals surface area contributed by atoms with Gasteiger partial charge in [-0.3, -0.25) is 4.79 Å². The van der Waals surface area contributed by atoms with Gasteiger partial charge in [0.25, 0.3) is 5.91 Å². The van der Waals surface area contributed by atoms with Crippen LogP contribution in [-0.2, 0) is 6.54 Å². The van der Waals surface area contributed by atoms with Crippen molar-refractivity contribution in [3.63, 3.8) is 0 Å². The predicted molar refractivity (Wildman–Crippen MR) is 114 cm³/mol. The molecule has 0 aliphatic carbocycles. The lowest BCUT2D eigenvalue weighted by Gasteiger charge is -2.28. The number of rotatable bonds is 6. The quantitative estimate of drug-likeness (QED) is 0.683. The van der Waals surface area contributed by atoms with E-state index in [0.717, 1.165) is 5.56 Å². The number of aromatic nitrogens is 2. The Labute approximate surface area is 170 Å². The molecule has 3 aromatic rings. The average molecular weight is 385 g/mol. The zero-order chi connectivity index (χ0) is 20.8. The second-order valence-electron chi connectivity index (χ2n) is 7.01. The largest absolute Gasteiger partial charge is 0.350 e. The van der Waals surface area contributed by atoms with Crippen molar-refractivity contribution in [1.82, 2.24) is 9.97 Å². The van der Waals surface area contributed by atoms with E-state index in [4.69, 9.17) is 5.26 Å². The number of amides is 1. The van der Waals surface area contributed by atoms with Gasteiger partial charge in [-0.1, -0.05) is 36.4 Å². The van der Waals surface area contributed by atoms with Gasteiger partial charge in [0.05, 0.1) is 11.6 Å². The van der Waals surface area contributed by atoms with Crippen molar-refractivity contribution >= 4 is 17.4 Å². The Morgan fingerprint density at radius 1 is 1.10 bits per heavy atom. The minimum atomic E-state index is -0.338. The zero-order valence-electron chi connectivity index (χ0n) is 16.8. The molecule has 0 fully saturated rings. The second-order valence-corrected chi connectivity index (χ2v) is 7.01. The molecule has 0 radical (unpaired) electrons. The van der Waals surface area contributed by atoms with Crippen molar-refractivity contribution in [2.75, 3.05) is 10.2 Å². The van der Waals surface area contributed by atoms with Crippen LogP contribution in [0.3, 0.4) is 0 Å². The first-order chi connectivity index (χ1) is 14.0. The van der Waals surface area contributed by atoms with E-state index in [9.17, 15) is 4.79 Å². The number of carbonyl (C=O) groups is 1. The summed E-state index contributed by atoms with van der Waals surface area (Å²) in [6.45, 7) is 6.64. The van der Waals surface area contributed by atoms with E-state index in [1.807, 2.05) is 18.2 Å². The molecule has 3 rings (SSSR count). The Balaban J connectivity index is 1.87.